The van der Waals surface area contributed by atoms with Crippen LogP contribution in [-0.4, -0.2) is 9.55 Å². The third-order valence-electron chi connectivity index (χ3n) is 3.06. The molecule has 0 aliphatic rings. The first-order valence-corrected chi connectivity index (χ1v) is 7.37. The van der Waals surface area contributed by atoms with Crippen LogP contribution in [-0.2, 0) is 0 Å². The Kier molecular flexibility index (Phi) is 3.52. The summed E-state index contributed by atoms with van der Waals surface area (Å²) in [5, 5.41) is -0.274. The first kappa shape index (κ1) is 13.6. The number of nitrogens with zero attached hydrogens (tertiary/aromatic N) is 2. The third-order valence-corrected chi connectivity index (χ3v) is 3.75. The maximum absolute atomic E-state index is 13.5. The number of halogens is 3. The minimum Gasteiger partial charge on any atom is -0.295 e. The number of benzene rings is 2. The van der Waals surface area contributed by atoms with E-state index >= 15 is 0 Å². The van der Waals surface area contributed by atoms with Crippen molar-refractivity contribution < 1.29 is 4.39 Å². The summed E-state index contributed by atoms with van der Waals surface area (Å²) < 4.78 is 16.4. The first-order chi connectivity index (χ1) is 9.56. The van der Waals surface area contributed by atoms with Crippen molar-refractivity contribution in [2.45, 2.75) is 12.3 Å². The maximum Gasteiger partial charge on any atom is 0.132 e. The normalized spacial score (nSPS) is 12.8. The third kappa shape index (κ3) is 2.34. The van der Waals surface area contributed by atoms with Crippen molar-refractivity contribution in [3.05, 3.63) is 58.6 Å². The molecule has 0 fully saturated rings. The van der Waals surface area contributed by atoms with Crippen LogP contribution in [0.1, 0.15) is 18.1 Å². The molecule has 0 saturated carbocycles. The lowest BCUT2D eigenvalue weighted by atomic mass is 10.2. The second-order valence-electron chi connectivity index (χ2n) is 4.53. The van der Waals surface area contributed by atoms with E-state index < -0.39 is 0 Å². The lowest BCUT2D eigenvalue weighted by molar-refractivity contribution is 0.629. The molecule has 1 aromatic heterocycles. The van der Waals surface area contributed by atoms with Crippen LogP contribution < -0.4 is 0 Å². The van der Waals surface area contributed by atoms with Crippen LogP contribution in [0.15, 0.2) is 46.9 Å². The van der Waals surface area contributed by atoms with E-state index in [0.717, 1.165) is 15.7 Å². The highest BCUT2D eigenvalue weighted by molar-refractivity contribution is 9.10. The monoisotopic (exact) mass is 352 g/mol. The van der Waals surface area contributed by atoms with Gasteiger partial charge in [-0.3, -0.25) is 4.57 Å². The lowest BCUT2D eigenvalue weighted by Gasteiger charge is -2.11. The van der Waals surface area contributed by atoms with Gasteiger partial charge in [-0.15, -0.1) is 11.6 Å². The van der Waals surface area contributed by atoms with E-state index in [1.807, 2.05) is 35.8 Å². The molecule has 5 heteroatoms. The molecule has 2 nitrogen and oxygen atoms in total. The Morgan fingerprint density at radius 3 is 2.75 bits per heavy atom. The topological polar surface area (TPSA) is 17.8 Å². The molecule has 0 bridgehead atoms. The number of hydrogen-bond donors (Lipinski definition) is 0. The Balaban J connectivity index is 2.36. The molecule has 0 spiro atoms. The van der Waals surface area contributed by atoms with Crippen molar-refractivity contribution in [3.8, 4) is 5.69 Å². The van der Waals surface area contributed by atoms with E-state index in [1.165, 1.54) is 12.1 Å². The van der Waals surface area contributed by atoms with Gasteiger partial charge in [0.2, 0.25) is 0 Å². The highest BCUT2D eigenvalue weighted by Crippen LogP contribution is 2.29. The quantitative estimate of drug-likeness (QED) is 0.577. The molecule has 3 aromatic rings. The molecule has 0 N–H and O–H groups in total. The first-order valence-electron chi connectivity index (χ1n) is 6.14. The van der Waals surface area contributed by atoms with E-state index in [9.17, 15) is 4.39 Å². The second kappa shape index (κ2) is 5.19. The summed E-state index contributed by atoms with van der Waals surface area (Å²) in [5.74, 6) is 0.410. The molecular formula is C15H11BrClFN2. The molecule has 3 rings (SSSR count). The Labute approximate surface area is 129 Å². The van der Waals surface area contributed by atoms with E-state index in [1.54, 1.807) is 6.07 Å². The Bertz CT molecular complexity index is 783. The maximum atomic E-state index is 13.5. The molecule has 0 aliphatic carbocycles. The van der Waals surface area contributed by atoms with Crippen LogP contribution in [0, 0.1) is 5.82 Å². The van der Waals surface area contributed by atoms with Crippen molar-refractivity contribution in [2.24, 2.45) is 0 Å². The summed E-state index contributed by atoms with van der Waals surface area (Å²) in [7, 11) is 0. The summed E-state index contributed by atoms with van der Waals surface area (Å²) >= 11 is 9.67. The van der Waals surface area contributed by atoms with Gasteiger partial charge in [-0.25, -0.2) is 9.37 Å². The number of aromatic nitrogens is 2. The molecule has 1 unspecified atom stereocenters. The van der Waals surface area contributed by atoms with Crippen molar-refractivity contribution in [1.29, 1.82) is 0 Å². The van der Waals surface area contributed by atoms with Gasteiger partial charge in [-0.05, 0) is 37.3 Å². The minimum absolute atomic E-state index is 0.274. The molecule has 0 aliphatic heterocycles. The molecule has 0 radical (unpaired) electrons. The van der Waals surface area contributed by atoms with Crippen LogP contribution in [0.2, 0.25) is 0 Å². The van der Waals surface area contributed by atoms with Crippen molar-refractivity contribution in [1.82, 2.24) is 9.55 Å². The van der Waals surface area contributed by atoms with Gasteiger partial charge >= 0.3 is 0 Å². The van der Waals surface area contributed by atoms with Crippen LogP contribution in [0.4, 0.5) is 4.39 Å². The number of rotatable bonds is 2. The predicted octanol–water partition coefficient (Wildman–Crippen LogP) is 5.23. The average molecular weight is 354 g/mol. The summed E-state index contributed by atoms with van der Waals surface area (Å²) in [6.45, 7) is 1.85. The SMILES string of the molecule is CC(Cl)c1nc2ccc(F)cc2n1-c1cccc(Br)c1. The van der Waals surface area contributed by atoms with Crippen LogP contribution in [0.5, 0.6) is 0 Å². The Morgan fingerprint density at radius 2 is 2.05 bits per heavy atom. The predicted molar refractivity (Wildman–Crippen MR) is 83.0 cm³/mol. The summed E-state index contributed by atoms with van der Waals surface area (Å²) in [5.41, 5.74) is 2.34. The molecule has 20 heavy (non-hydrogen) atoms. The Morgan fingerprint density at radius 1 is 1.25 bits per heavy atom. The van der Waals surface area contributed by atoms with Gasteiger partial charge in [-0.1, -0.05) is 22.0 Å². The molecule has 1 atom stereocenters. The number of imidazole rings is 1. The van der Waals surface area contributed by atoms with Gasteiger partial charge in [0.1, 0.15) is 11.6 Å². The summed E-state index contributed by atoms with van der Waals surface area (Å²) in [4.78, 5) is 4.51. The van der Waals surface area contributed by atoms with Gasteiger partial charge in [-0.2, -0.15) is 0 Å². The van der Waals surface area contributed by atoms with Gasteiger partial charge in [0.15, 0.2) is 0 Å². The fraction of sp³-hybridized carbons (Fsp3) is 0.133. The van der Waals surface area contributed by atoms with Gasteiger partial charge in [0.25, 0.3) is 0 Å². The number of alkyl halides is 1. The zero-order valence-electron chi connectivity index (χ0n) is 10.6. The molecule has 1 heterocycles. The Hall–Kier alpha value is -1.39. The van der Waals surface area contributed by atoms with E-state index in [2.05, 4.69) is 20.9 Å². The van der Waals surface area contributed by atoms with Gasteiger partial charge in [0.05, 0.1) is 16.4 Å². The highest BCUT2D eigenvalue weighted by atomic mass is 79.9. The van der Waals surface area contributed by atoms with Gasteiger partial charge < -0.3 is 0 Å². The average Bonchev–Trinajstić information content (AvgIpc) is 2.77. The molecular weight excluding hydrogens is 343 g/mol. The molecule has 102 valence electrons. The molecule has 0 amide bonds. The van der Waals surface area contributed by atoms with Crippen molar-refractivity contribution in [2.75, 3.05) is 0 Å². The van der Waals surface area contributed by atoms with Gasteiger partial charge in [0, 0.05) is 16.2 Å². The zero-order chi connectivity index (χ0) is 14.3. The fourth-order valence-corrected chi connectivity index (χ4v) is 2.75. The summed E-state index contributed by atoms with van der Waals surface area (Å²) in [6.07, 6.45) is 0. The molecule has 0 saturated heterocycles. The van der Waals surface area contributed by atoms with Crippen LogP contribution >= 0.6 is 27.5 Å². The van der Waals surface area contributed by atoms with E-state index in [0.29, 0.717) is 11.3 Å². The van der Waals surface area contributed by atoms with Crippen molar-refractivity contribution in [3.63, 3.8) is 0 Å². The number of fused-ring (bicyclic) bond motifs is 1. The highest BCUT2D eigenvalue weighted by Gasteiger charge is 2.16. The largest absolute Gasteiger partial charge is 0.295 e. The fourth-order valence-electron chi connectivity index (χ4n) is 2.22. The zero-order valence-corrected chi connectivity index (χ0v) is 13.0. The van der Waals surface area contributed by atoms with Crippen molar-refractivity contribution >= 4 is 38.6 Å². The van der Waals surface area contributed by atoms with Crippen LogP contribution in [0.25, 0.3) is 16.7 Å². The van der Waals surface area contributed by atoms with E-state index in [4.69, 9.17) is 11.6 Å². The summed E-state index contributed by atoms with van der Waals surface area (Å²) in [6, 6.07) is 12.3. The number of hydrogen-bond acceptors (Lipinski definition) is 1. The standard InChI is InChI=1S/C15H11BrClFN2/c1-9(17)15-19-13-6-5-11(18)8-14(13)20(15)12-4-2-3-10(16)7-12/h2-9H,1H3. The smallest absolute Gasteiger partial charge is 0.132 e. The van der Waals surface area contributed by atoms with Crippen LogP contribution in [0.3, 0.4) is 0 Å². The molecule has 2 aromatic carbocycles. The second-order valence-corrected chi connectivity index (χ2v) is 6.10. The minimum atomic E-state index is -0.289. The lowest BCUT2D eigenvalue weighted by Crippen LogP contribution is -2.01. The van der Waals surface area contributed by atoms with E-state index in [-0.39, 0.29) is 11.2 Å².